The van der Waals surface area contributed by atoms with E-state index in [1.165, 1.54) is 24.4 Å². The maximum atomic E-state index is 13.1. The quantitative estimate of drug-likeness (QED) is 0.617. The fraction of sp³-hybridized carbons (Fsp3) is 0.118. The van der Waals surface area contributed by atoms with Crippen LogP contribution >= 0.6 is 11.6 Å². The summed E-state index contributed by atoms with van der Waals surface area (Å²) in [4.78, 5) is 23.5. The Morgan fingerprint density at radius 2 is 2.00 bits per heavy atom. The van der Waals surface area contributed by atoms with Crippen LogP contribution in [-0.4, -0.2) is 31.4 Å². The number of ether oxygens (including phenoxy) is 2. The molecule has 0 saturated heterocycles. The number of carbonyl (C=O) groups is 2. The van der Waals surface area contributed by atoms with Crippen LogP contribution in [0.5, 0.6) is 11.5 Å². The van der Waals surface area contributed by atoms with Crippen LogP contribution in [-0.2, 0) is 4.79 Å². The third-order valence-electron chi connectivity index (χ3n) is 3.38. The average Bonchev–Trinajstić information content (AvgIpc) is 3.07. The first-order valence-electron chi connectivity index (χ1n) is 7.48. The highest BCUT2D eigenvalue weighted by molar-refractivity contribution is 6.33. The lowest BCUT2D eigenvalue weighted by Gasteiger charge is -2.04. The van der Waals surface area contributed by atoms with Gasteiger partial charge in [-0.25, -0.2) is 9.82 Å². The van der Waals surface area contributed by atoms with Crippen LogP contribution in [0.4, 0.5) is 4.39 Å². The predicted molar refractivity (Wildman–Crippen MR) is 92.0 cm³/mol. The van der Waals surface area contributed by atoms with E-state index in [1.54, 1.807) is 12.1 Å². The average molecular weight is 378 g/mol. The highest BCUT2D eigenvalue weighted by atomic mass is 35.5. The van der Waals surface area contributed by atoms with Crippen LogP contribution in [0.15, 0.2) is 41.5 Å². The van der Waals surface area contributed by atoms with Crippen molar-refractivity contribution in [2.24, 2.45) is 5.10 Å². The van der Waals surface area contributed by atoms with Gasteiger partial charge in [0.2, 0.25) is 6.79 Å². The third kappa shape index (κ3) is 4.28. The van der Waals surface area contributed by atoms with Gasteiger partial charge in [-0.15, -0.1) is 0 Å². The van der Waals surface area contributed by atoms with E-state index >= 15 is 0 Å². The van der Waals surface area contributed by atoms with Crippen LogP contribution < -0.4 is 20.2 Å². The number of halogens is 2. The van der Waals surface area contributed by atoms with Gasteiger partial charge in [-0.1, -0.05) is 17.7 Å². The van der Waals surface area contributed by atoms with Crippen molar-refractivity contribution < 1.29 is 23.5 Å². The number of carbonyl (C=O) groups excluding carboxylic acids is 2. The minimum absolute atomic E-state index is 0.119. The van der Waals surface area contributed by atoms with E-state index in [2.05, 4.69) is 15.8 Å². The number of rotatable bonds is 5. The van der Waals surface area contributed by atoms with Crippen molar-refractivity contribution in [3.8, 4) is 11.5 Å². The topological polar surface area (TPSA) is 89.0 Å². The third-order valence-corrected chi connectivity index (χ3v) is 3.71. The number of amides is 2. The SMILES string of the molecule is O=C(CNC(=O)c1cccc(F)c1)N/N=C\c1cc2c(cc1Cl)OCO2. The molecule has 9 heteroatoms. The van der Waals surface area contributed by atoms with Crippen LogP contribution in [0.3, 0.4) is 0 Å². The number of hydrogen-bond acceptors (Lipinski definition) is 5. The standard InChI is InChI=1S/C17H13ClFN3O4/c18-13-6-15-14(25-9-26-15)5-11(13)7-21-22-16(23)8-20-17(24)10-2-1-3-12(19)4-10/h1-7H,8-9H2,(H,20,24)(H,22,23)/b21-7-. The van der Waals surface area contributed by atoms with Gasteiger partial charge in [0.1, 0.15) is 5.82 Å². The van der Waals surface area contributed by atoms with Gasteiger partial charge < -0.3 is 14.8 Å². The number of hydrogen-bond donors (Lipinski definition) is 2. The molecule has 2 N–H and O–H groups in total. The Labute approximate surface area is 152 Å². The summed E-state index contributed by atoms with van der Waals surface area (Å²) in [5.41, 5.74) is 2.90. The molecule has 2 aromatic rings. The minimum atomic E-state index is -0.567. The molecule has 0 spiro atoms. The van der Waals surface area contributed by atoms with Gasteiger partial charge in [-0.2, -0.15) is 5.10 Å². The fourth-order valence-corrected chi connectivity index (χ4v) is 2.34. The highest BCUT2D eigenvalue weighted by Gasteiger charge is 2.15. The zero-order chi connectivity index (χ0) is 18.5. The smallest absolute Gasteiger partial charge is 0.259 e. The summed E-state index contributed by atoms with van der Waals surface area (Å²) in [5, 5.41) is 6.52. The molecule has 3 rings (SSSR count). The molecule has 0 saturated carbocycles. The van der Waals surface area contributed by atoms with E-state index in [0.717, 1.165) is 6.07 Å². The van der Waals surface area contributed by atoms with E-state index in [-0.39, 0.29) is 18.9 Å². The van der Waals surface area contributed by atoms with E-state index in [4.69, 9.17) is 21.1 Å². The van der Waals surface area contributed by atoms with Crippen molar-refractivity contribution in [1.29, 1.82) is 0 Å². The second-order valence-electron chi connectivity index (χ2n) is 5.21. The molecule has 134 valence electrons. The zero-order valence-electron chi connectivity index (χ0n) is 13.3. The summed E-state index contributed by atoms with van der Waals surface area (Å²) in [6.07, 6.45) is 1.34. The first kappa shape index (κ1) is 17.7. The van der Waals surface area contributed by atoms with E-state index in [0.29, 0.717) is 22.1 Å². The monoisotopic (exact) mass is 377 g/mol. The van der Waals surface area contributed by atoms with Gasteiger partial charge in [0.25, 0.3) is 11.8 Å². The van der Waals surface area contributed by atoms with Crippen LogP contribution in [0.25, 0.3) is 0 Å². The Morgan fingerprint density at radius 3 is 2.77 bits per heavy atom. The van der Waals surface area contributed by atoms with Crippen molar-refractivity contribution >= 4 is 29.6 Å². The second-order valence-corrected chi connectivity index (χ2v) is 5.62. The number of hydrazone groups is 1. The molecule has 0 bridgehead atoms. The first-order chi connectivity index (χ1) is 12.5. The first-order valence-corrected chi connectivity index (χ1v) is 7.85. The summed E-state index contributed by atoms with van der Waals surface area (Å²) in [6.45, 7) is -0.199. The second kappa shape index (κ2) is 7.83. The Balaban J connectivity index is 1.51. The van der Waals surface area contributed by atoms with Crippen LogP contribution in [0.2, 0.25) is 5.02 Å². The Hall–Kier alpha value is -3.13. The van der Waals surface area contributed by atoms with Crippen molar-refractivity contribution in [1.82, 2.24) is 10.7 Å². The van der Waals surface area contributed by atoms with Gasteiger partial charge >= 0.3 is 0 Å². The lowest BCUT2D eigenvalue weighted by Crippen LogP contribution is -2.34. The normalized spacial score (nSPS) is 12.2. The molecular formula is C17H13ClFN3O4. The summed E-state index contributed by atoms with van der Waals surface area (Å²) in [7, 11) is 0. The van der Waals surface area contributed by atoms with Gasteiger partial charge in [0, 0.05) is 17.2 Å². The molecule has 2 amide bonds. The highest BCUT2D eigenvalue weighted by Crippen LogP contribution is 2.36. The molecule has 26 heavy (non-hydrogen) atoms. The van der Waals surface area contributed by atoms with Gasteiger partial charge in [0.15, 0.2) is 11.5 Å². The van der Waals surface area contributed by atoms with Crippen molar-refractivity contribution in [3.63, 3.8) is 0 Å². The molecule has 0 unspecified atom stereocenters. The summed E-state index contributed by atoms with van der Waals surface area (Å²) in [5.74, 6) is -0.585. The molecule has 1 aliphatic heterocycles. The number of fused-ring (bicyclic) bond motifs is 1. The Morgan fingerprint density at radius 1 is 1.23 bits per heavy atom. The van der Waals surface area contributed by atoms with Crippen LogP contribution in [0.1, 0.15) is 15.9 Å². The minimum Gasteiger partial charge on any atom is -0.454 e. The molecule has 0 atom stereocenters. The van der Waals surface area contributed by atoms with Crippen molar-refractivity contribution in [3.05, 3.63) is 58.4 Å². The molecule has 2 aromatic carbocycles. The predicted octanol–water partition coefficient (Wildman–Crippen LogP) is 2.09. The van der Waals surface area contributed by atoms with Gasteiger partial charge in [0.05, 0.1) is 17.8 Å². The van der Waals surface area contributed by atoms with Crippen molar-refractivity contribution in [2.45, 2.75) is 0 Å². The van der Waals surface area contributed by atoms with Gasteiger partial charge in [-0.3, -0.25) is 9.59 Å². The summed E-state index contributed by atoms with van der Waals surface area (Å²) >= 11 is 6.08. The number of nitrogens with one attached hydrogen (secondary N) is 2. The van der Waals surface area contributed by atoms with E-state index in [1.807, 2.05) is 0 Å². The number of benzene rings is 2. The molecule has 0 aromatic heterocycles. The molecule has 1 aliphatic rings. The van der Waals surface area contributed by atoms with E-state index < -0.39 is 17.6 Å². The lowest BCUT2D eigenvalue weighted by molar-refractivity contribution is -0.120. The van der Waals surface area contributed by atoms with Crippen molar-refractivity contribution in [2.75, 3.05) is 13.3 Å². The van der Waals surface area contributed by atoms with E-state index in [9.17, 15) is 14.0 Å². The lowest BCUT2D eigenvalue weighted by atomic mass is 10.2. The maximum absolute atomic E-state index is 13.1. The maximum Gasteiger partial charge on any atom is 0.259 e. The summed E-state index contributed by atoms with van der Waals surface area (Å²) in [6, 6.07) is 8.37. The fourth-order valence-electron chi connectivity index (χ4n) is 2.14. The number of nitrogens with zero attached hydrogens (tertiary/aromatic N) is 1. The molecule has 0 fully saturated rings. The largest absolute Gasteiger partial charge is 0.454 e. The van der Waals surface area contributed by atoms with Crippen LogP contribution in [0, 0.1) is 5.82 Å². The molecule has 0 radical (unpaired) electrons. The Kier molecular flexibility index (Phi) is 5.33. The molecule has 1 heterocycles. The Bertz CT molecular complexity index is 888. The van der Waals surface area contributed by atoms with Gasteiger partial charge in [-0.05, 0) is 24.3 Å². The summed E-state index contributed by atoms with van der Waals surface area (Å²) < 4.78 is 23.5. The molecule has 0 aliphatic carbocycles. The zero-order valence-corrected chi connectivity index (χ0v) is 14.0. The molecule has 7 nitrogen and oxygen atoms in total. The molecular weight excluding hydrogens is 365 g/mol.